The van der Waals surface area contributed by atoms with Gasteiger partial charge in [-0.1, -0.05) is 68.8 Å². The molecule has 0 amide bonds. The highest BCUT2D eigenvalue weighted by atomic mass is 35.5. The summed E-state index contributed by atoms with van der Waals surface area (Å²) in [5.74, 6) is 0. The fraction of sp³-hybridized carbons (Fsp3) is 0.368. The largest absolute Gasteiger partial charge is 0.306 e. The van der Waals surface area contributed by atoms with Gasteiger partial charge in [-0.3, -0.25) is 0 Å². The van der Waals surface area contributed by atoms with Gasteiger partial charge in [-0.2, -0.15) is 0 Å². The first kappa shape index (κ1) is 16.1. The molecule has 1 N–H and O–H groups in total. The van der Waals surface area contributed by atoms with Gasteiger partial charge in [0.15, 0.2) is 0 Å². The van der Waals surface area contributed by atoms with Crippen molar-refractivity contribution in [2.75, 3.05) is 0 Å². The van der Waals surface area contributed by atoms with Crippen molar-refractivity contribution in [1.82, 2.24) is 5.32 Å². The summed E-state index contributed by atoms with van der Waals surface area (Å²) in [4.78, 5) is 0. The molecule has 21 heavy (non-hydrogen) atoms. The lowest BCUT2D eigenvalue weighted by Gasteiger charge is -2.19. The van der Waals surface area contributed by atoms with E-state index in [0.29, 0.717) is 6.04 Å². The topological polar surface area (TPSA) is 12.0 Å². The number of hydrogen-bond donors (Lipinski definition) is 1. The lowest BCUT2D eigenvalue weighted by atomic mass is 9.87. The van der Waals surface area contributed by atoms with Crippen molar-refractivity contribution < 1.29 is 0 Å². The third-order valence-corrected chi connectivity index (χ3v) is 4.05. The van der Waals surface area contributed by atoms with Crippen molar-refractivity contribution in [2.45, 2.75) is 45.7 Å². The molecule has 0 radical (unpaired) electrons. The van der Waals surface area contributed by atoms with E-state index in [1.165, 1.54) is 16.7 Å². The number of hydrogen-bond acceptors (Lipinski definition) is 1. The number of nitrogens with one attached hydrogen (secondary N) is 1. The van der Waals surface area contributed by atoms with Gasteiger partial charge in [0.05, 0.1) is 0 Å². The lowest BCUT2D eigenvalue weighted by Crippen LogP contribution is -2.18. The lowest BCUT2D eigenvalue weighted by molar-refractivity contribution is 0.572. The van der Waals surface area contributed by atoms with Crippen LogP contribution in [0.1, 0.15) is 50.4 Å². The molecule has 0 aliphatic rings. The predicted molar refractivity (Wildman–Crippen MR) is 91.8 cm³/mol. The van der Waals surface area contributed by atoms with E-state index in [9.17, 15) is 0 Å². The summed E-state index contributed by atoms with van der Waals surface area (Å²) in [7, 11) is 0. The molecular formula is C19H24ClN. The predicted octanol–water partition coefficient (Wildman–Crippen LogP) is 5.49. The molecule has 0 heterocycles. The van der Waals surface area contributed by atoms with E-state index in [1.807, 2.05) is 12.1 Å². The first-order chi connectivity index (χ1) is 9.86. The molecule has 0 bridgehead atoms. The van der Waals surface area contributed by atoms with Crippen LogP contribution >= 0.6 is 11.6 Å². The van der Waals surface area contributed by atoms with Crippen LogP contribution in [0, 0.1) is 0 Å². The summed E-state index contributed by atoms with van der Waals surface area (Å²) in [5.41, 5.74) is 4.15. The first-order valence-corrected chi connectivity index (χ1v) is 7.82. The van der Waals surface area contributed by atoms with E-state index in [-0.39, 0.29) is 5.41 Å². The minimum Gasteiger partial charge on any atom is -0.306 e. The summed E-state index contributed by atoms with van der Waals surface area (Å²) in [6.45, 7) is 9.76. The Morgan fingerprint density at radius 2 is 1.52 bits per heavy atom. The van der Waals surface area contributed by atoms with Gasteiger partial charge in [-0.25, -0.2) is 0 Å². The van der Waals surface area contributed by atoms with Crippen LogP contribution in [0.5, 0.6) is 0 Å². The molecule has 2 heteroatoms. The molecule has 0 saturated carbocycles. The highest BCUT2D eigenvalue weighted by Crippen LogP contribution is 2.22. The normalized spacial score (nSPS) is 13.2. The maximum Gasteiger partial charge on any atom is 0.0406 e. The maximum absolute atomic E-state index is 5.92. The summed E-state index contributed by atoms with van der Waals surface area (Å²) in [5, 5.41) is 4.33. The monoisotopic (exact) mass is 301 g/mol. The Bertz CT molecular complexity index is 564. The third-order valence-electron chi connectivity index (χ3n) is 3.80. The molecule has 1 atom stereocenters. The van der Waals surface area contributed by atoms with Gasteiger partial charge in [0.25, 0.3) is 0 Å². The Labute approximate surface area is 133 Å². The Morgan fingerprint density at radius 3 is 2.05 bits per heavy atom. The van der Waals surface area contributed by atoms with Gasteiger partial charge < -0.3 is 5.32 Å². The third kappa shape index (κ3) is 4.59. The van der Waals surface area contributed by atoms with Crippen LogP contribution in [0.2, 0.25) is 5.02 Å². The SMILES string of the molecule is CC(NCc1ccc(C(C)(C)C)cc1)c1ccc(Cl)cc1. The maximum atomic E-state index is 5.92. The minimum absolute atomic E-state index is 0.211. The standard InChI is InChI=1S/C19H24ClN/c1-14(16-7-11-18(20)12-8-16)21-13-15-5-9-17(10-6-15)19(2,3)4/h5-12,14,21H,13H2,1-4H3. The van der Waals surface area contributed by atoms with E-state index in [2.05, 4.69) is 69.4 Å². The van der Waals surface area contributed by atoms with Crippen LogP contribution in [-0.4, -0.2) is 0 Å². The first-order valence-electron chi connectivity index (χ1n) is 7.44. The Morgan fingerprint density at radius 1 is 0.952 bits per heavy atom. The van der Waals surface area contributed by atoms with Crippen molar-refractivity contribution in [2.24, 2.45) is 0 Å². The van der Waals surface area contributed by atoms with E-state index in [1.54, 1.807) is 0 Å². The van der Waals surface area contributed by atoms with Gasteiger partial charge in [-0.15, -0.1) is 0 Å². The molecular weight excluding hydrogens is 278 g/mol. The van der Waals surface area contributed by atoms with Crippen LogP contribution in [0.25, 0.3) is 0 Å². The van der Waals surface area contributed by atoms with Gasteiger partial charge in [-0.05, 0) is 41.2 Å². The fourth-order valence-corrected chi connectivity index (χ4v) is 2.39. The second-order valence-corrected chi connectivity index (χ2v) is 7.04. The highest BCUT2D eigenvalue weighted by Gasteiger charge is 2.12. The van der Waals surface area contributed by atoms with Gasteiger partial charge in [0.1, 0.15) is 0 Å². The Hall–Kier alpha value is -1.31. The quantitative estimate of drug-likeness (QED) is 0.787. The fourth-order valence-electron chi connectivity index (χ4n) is 2.26. The van der Waals surface area contributed by atoms with Crippen LogP contribution in [0.15, 0.2) is 48.5 Å². The van der Waals surface area contributed by atoms with Crippen LogP contribution in [0.3, 0.4) is 0 Å². The molecule has 1 nitrogen and oxygen atoms in total. The molecule has 0 aliphatic heterocycles. The average molecular weight is 302 g/mol. The summed E-state index contributed by atoms with van der Waals surface area (Å²) in [6.07, 6.45) is 0. The smallest absolute Gasteiger partial charge is 0.0406 e. The molecule has 0 spiro atoms. The van der Waals surface area contributed by atoms with Gasteiger partial charge >= 0.3 is 0 Å². The molecule has 2 aromatic carbocycles. The molecule has 0 aromatic heterocycles. The average Bonchev–Trinajstić information content (AvgIpc) is 2.45. The highest BCUT2D eigenvalue weighted by molar-refractivity contribution is 6.30. The van der Waals surface area contributed by atoms with E-state index < -0.39 is 0 Å². The van der Waals surface area contributed by atoms with Crippen LogP contribution < -0.4 is 5.32 Å². The minimum atomic E-state index is 0.211. The van der Waals surface area contributed by atoms with Gasteiger partial charge in [0.2, 0.25) is 0 Å². The van der Waals surface area contributed by atoms with Crippen molar-refractivity contribution in [1.29, 1.82) is 0 Å². The van der Waals surface area contributed by atoms with Crippen molar-refractivity contribution in [3.05, 3.63) is 70.2 Å². The van der Waals surface area contributed by atoms with Crippen molar-refractivity contribution >= 4 is 11.6 Å². The number of rotatable bonds is 4. The second kappa shape index (κ2) is 6.64. The molecule has 1 unspecified atom stereocenters. The molecule has 112 valence electrons. The summed E-state index contributed by atoms with van der Waals surface area (Å²) < 4.78 is 0. The molecule has 0 saturated heterocycles. The van der Waals surface area contributed by atoms with Crippen molar-refractivity contribution in [3.8, 4) is 0 Å². The van der Waals surface area contributed by atoms with Crippen LogP contribution in [0.4, 0.5) is 0 Å². The zero-order chi connectivity index (χ0) is 15.5. The number of halogens is 1. The molecule has 0 fully saturated rings. The van der Waals surface area contributed by atoms with E-state index in [0.717, 1.165) is 11.6 Å². The zero-order valence-corrected chi connectivity index (χ0v) is 14.0. The van der Waals surface area contributed by atoms with Crippen molar-refractivity contribution in [3.63, 3.8) is 0 Å². The summed E-state index contributed by atoms with van der Waals surface area (Å²) in [6, 6.07) is 17.2. The Balaban J connectivity index is 1.95. The van der Waals surface area contributed by atoms with Gasteiger partial charge in [0, 0.05) is 17.6 Å². The zero-order valence-electron chi connectivity index (χ0n) is 13.3. The van der Waals surface area contributed by atoms with E-state index >= 15 is 0 Å². The molecule has 2 aromatic rings. The molecule has 2 rings (SSSR count). The Kier molecular flexibility index (Phi) is 5.08. The second-order valence-electron chi connectivity index (χ2n) is 6.60. The van der Waals surface area contributed by atoms with E-state index in [4.69, 9.17) is 11.6 Å². The molecule has 0 aliphatic carbocycles. The van der Waals surface area contributed by atoms with Crippen LogP contribution in [-0.2, 0) is 12.0 Å². The summed E-state index contributed by atoms with van der Waals surface area (Å²) >= 11 is 5.92. The number of benzene rings is 2.